The number of carbonyl (C=O) groups is 3. The highest BCUT2D eigenvalue weighted by Gasteiger charge is 2.74. The molecule has 8 fully saturated rings. The van der Waals surface area contributed by atoms with E-state index >= 15 is 0 Å². The summed E-state index contributed by atoms with van der Waals surface area (Å²) in [7, 11) is 3.27. The number of allylic oxidation sites excluding steroid dienone is 9. The SMILES string of the molecule is C=C1OC(C(C)O)[C@H](C)/C=C(\C)[C@]23O[C@@H]4C(C=C[C@@H]2C[C@@H]1OC)C3[C@H](O)[C@@H](C)[C@H]4O.C=C1OC(C(O)CC)[C@H](C)/C=C(\C)[C@]23O[C@@H]4C(C=C[C@@H]2C[C@H]1O)C3[C@H](O)[C@@H](C)[C@H]4OC(=O)C1=CC=CC1.C=C1OC(C(O)CC)[C@H](C)/C=C(\C)[C@]23O[C@@H]4C(C=C[C@@H]2C[C@H]1OC)C3[C@H](O)[C@@H](CC)[C@H]4OC(=O)C1=CC=CC1.C=C1OC(CCO)[C@H](C)/C=C(\C)[C@]23O[C@@H]4C(C=C[C@@H]2C[C@H]1O)C3[C@H](O)[C@@H](CC)[C@H]4OC(=O)C1=CC=CC1. The first-order chi connectivity index (χ1) is 68.1. The van der Waals surface area contributed by atoms with Gasteiger partial charge in [0.05, 0.1) is 54.9 Å². The number of hydrogen-bond donors (Lipinski definition) is 11. The van der Waals surface area contributed by atoms with Gasteiger partial charge in [0.2, 0.25) is 0 Å². The van der Waals surface area contributed by atoms with Gasteiger partial charge in [0.25, 0.3) is 0 Å². The Labute approximate surface area is 844 Å². The van der Waals surface area contributed by atoms with Crippen molar-refractivity contribution in [2.75, 3.05) is 20.8 Å². The highest BCUT2D eigenvalue weighted by molar-refractivity contribution is 5.91. The highest BCUT2D eigenvalue weighted by Crippen LogP contribution is 2.67. The first kappa shape index (κ1) is 108. The van der Waals surface area contributed by atoms with E-state index < -0.39 is 138 Å². The molecule has 0 aromatic rings. The molecule has 27 heteroatoms. The fourth-order valence-corrected chi connectivity index (χ4v) is 29.1. The van der Waals surface area contributed by atoms with Crippen molar-refractivity contribution >= 4 is 17.9 Å². The minimum atomic E-state index is -0.971. The Kier molecular flexibility index (Phi) is 32.8. The maximum Gasteiger partial charge on any atom is 0.334 e. The van der Waals surface area contributed by atoms with Gasteiger partial charge in [-0.3, -0.25) is 0 Å². The third-order valence-electron chi connectivity index (χ3n) is 36.6. The van der Waals surface area contributed by atoms with Gasteiger partial charge in [-0.15, -0.1) is 0 Å². The first-order valence-corrected chi connectivity index (χ1v) is 52.9. The Morgan fingerprint density at radius 1 is 0.413 bits per heavy atom. The van der Waals surface area contributed by atoms with Crippen LogP contribution in [0.25, 0.3) is 0 Å². The third-order valence-corrected chi connectivity index (χ3v) is 36.6. The minimum Gasteiger partial charge on any atom is -0.492 e. The summed E-state index contributed by atoms with van der Waals surface area (Å²) in [5.41, 5.74) is 2.47. The largest absolute Gasteiger partial charge is 0.492 e. The van der Waals surface area contributed by atoms with Crippen molar-refractivity contribution in [2.45, 2.75) is 344 Å². The molecule has 8 heterocycles. The fourth-order valence-electron chi connectivity index (χ4n) is 29.1. The molecule has 143 heavy (non-hydrogen) atoms. The van der Waals surface area contributed by atoms with Gasteiger partial charge < -0.3 is 118 Å². The van der Waals surface area contributed by atoms with Crippen molar-refractivity contribution in [1.82, 2.24) is 0 Å². The summed E-state index contributed by atoms with van der Waals surface area (Å²) in [6, 6.07) is 0. The van der Waals surface area contributed by atoms with Crippen LogP contribution in [0.2, 0.25) is 0 Å². The maximum absolute atomic E-state index is 13.1. The molecule has 0 aromatic carbocycles. The number of rotatable bonds is 17. The molecule has 19 aliphatic rings. The molecule has 786 valence electrons. The lowest BCUT2D eigenvalue weighted by molar-refractivity contribution is -0.167. The van der Waals surface area contributed by atoms with E-state index in [0.717, 1.165) is 22.3 Å². The Morgan fingerprint density at radius 2 is 0.734 bits per heavy atom. The fraction of sp³-hybridized carbons (Fsp3) is 0.664. The minimum absolute atomic E-state index is 0.0305. The second-order valence-corrected chi connectivity index (χ2v) is 44.5. The maximum atomic E-state index is 13.1. The predicted octanol–water partition coefficient (Wildman–Crippen LogP) is 13.3. The molecular weight excluding hydrogens is 1830 g/mol. The molecule has 4 saturated heterocycles. The number of carbonyl (C=O) groups excluding carboxylic acids is 3. The summed E-state index contributed by atoms with van der Waals surface area (Å²) >= 11 is 0. The van der Waals surface area contributed by atoms with Gasteiger partial charge in [-0.25, -0.2) is 14.4 Å². The van der Waals surface area contributed by atoms with Gasteiger partial charge in [0.15, 0.2) is 0 Å². The molecule has 0 radical (unpaired) electrons. The molecular formula is C116H160O27. The number of aliphatic hydroxyl groups excluding tert-OH is 11. The zero-order valence-electron chi connectivity index (χ0n) is 86.4. The normalized spacial score (nSPS) is 47.5. The molecule has 19 rings (SSSR count). The third kappa shape index (κ3) is 18.9. The Morgan fingerprint density at radius 3 is 1.09 bits per heavy atom. The van der Waals surface area contributed by atoms with Crippen molar-refractivity contribution in [2.24, 2.45) is 118 Å². The van der Waals surface area contributed by atoms with E-state index in [9.17, 15) is 70.6 Å². The van der Waals surface area contributed by atoms with Crippen LogP contribution in [0.15, 0.2) is 216 Å². The number of ether oxygens (including phenoxy) is 13. The van der Waals surface area contributed by atoms with Crippen molar-refractivity contribution < 1.29 is 132 Å². The lowest BCUT2D eigenvalue weighted by Gasteiger charge is -2.49. The topological polar surface area (TPSA) is 394 Å². The summed E-state index contributed by atoms with van der Waals surface area (Å²) in [6.45, 7) is 45.8. The molecule has 15 unspecified atom stereocenters. The quantitative estimate of drug-likeness (QED) is 0.0366. The van der Waals surface area contributed by atoms with Gasteiger partial charge in [0, 0.05) is 162 Å². The van der Waals surface area contributed by atoms with Crippen LogP contribution in [0.5, 0.6) is 0 Å². The monoisotopic (exact) mass is 1990 g/mol. The summed E-state index contributed by atoms with van der Waals surface area (Å²) < 4.78 is 82.2. The Balaban J connectivity index is 0.000000137. The second-order valence-electron chi connectivity index (χ2n) is 44.5. The average Bonchev–Trinajstić information content (AvgIpc) is 1.55. The summed E-state index contributed by atoms with van der Waals surface area (Å²) in [5, 5.41) is 121. The predicted molar refractivity (Wildman–Crippen MR) is 536 cm³/mol. The molecule has 27 nitrogen and oxygen atoms in total. The molecule has 4 saturated carbocycles. The number of esters is 3. The van der Waals surface area contributed by atoms with Crippen LogP contribution in [0.3, 0.4) is 0 Å². The van der Waals surface area contributed by atoms with Gasteiger partial charge in [-0.2, -0.15) is 0 Å². The molecule has 0 amide bonds. The van der Waals surface area contributed by atoms with Gasteiger partial charge >= 0.3 is 17.9 Å². The van der Waals surface area contributed by atoms with Crippen LogP contribution in [-0.4, -0.2) is 258 Å². The van der Waals surface area contributed by atoms with Crippen LogP contribution >= 0.6 is 0 Å². The lowest BCUT2D eigenvalue weighted by atomic mass is 9.57. The Hall–Kier alpha value is -7.75. The van der Waals surface area contributed by atoms with Crippen LogP contribution in [0.4, 0.5) is 0 Å². The van der Waals surface area contributed by atoms with Crippen molar-refractivity contribution in [3.05, 3.63) is 216 Å². The summed E-state index contributed by atoms with van der Waals surface area (Å²) in [4.78, 5) is 39.1. The van der Waals surface area contributed by atoms with Crippen LogP contribution < -0.4 is 0 Å². The van der Waals surface area contributed by atoms with Crippen LogP contribution in [-0.2, 0) is 76.0 Å². The van der Waals surface area contributed by atoms with E-state index in [4.69, 9.17) is 61.6 Å². The Bertz CT molecular complexity index is 5170. The highest BCUT2D eigenvalue weighted by atomic mass is 16.6. The molecule has 11 N–H and O–H groups in total. The van der Waals surface area contributed by atoms with E-state index in [1.165, 1.54) is 0 Å². The average molecular weight is 1990 g/mol. The second kappa shape index (κ2) is 43.4. The summed E-state index contributed by atoms with van der Waals surface area (Å²) in [5.74, 6) is -3.09. The zero-order valence-corrected chi connectivity index (χ0v) is 86.4. The van der Waals surface area contributed by atoms with E-state index in [1.54, 1.807) is 39.4 Å². The van der Waals surface area contributed by atoms with Gasteiger partial charge in [-0.05, 0) is 128 Å². The van der Waals surface area contributed by atoms with Gasteiger partial charge in [0.1, 0.15) is 131 Å². The molecule has 16 bridgehead atoms. The van der Waals surface area contributed by atoms with E-state index in [2.05, 4.69) is 106 Å². The number of aliphatic hydroxyl groups is 11. The van der Waals surface area contributed by atoms with Crippen LogP contribution in [0, 0.1) is 118 Å². The molecule has 4 spiro atoms. The smallest absolute Gasteiger partial charge is 0.334 e. The van der Waals surface area contributed by atoms with E-state index in [1.807, 2.05) is 126 Å². The number of hydrogen-bond acceptors (Lipinski definition) is 27. The van der Waals surface area contributed by atoms with Gasteiger partial charge in [-0.1, -0.05) is 223 Å². The zero-order chi connectivity index (χ0) is 103. The molecule has 11 aliphatic carbocycles. The van der Waals surface area contributed by atoms with Crippen molar-refractivity contribution in [3.8, 4) is 0 Å². The molecule has 0 aromatic heterocycles. The first-order valence-electron chi connectivity index (χ1n) is 52.9. The van der Waals surface area contributed by atoms with Crippen molar-refractivity contribution in [3.63, 3.8) is 0 Å². The lowest BCUT2D eigenvalue weighted by Crippen LogP contribution is -2.57. The summed E-state index contributed by atoms with van der Waals surface area (Å²) in [6.07, 6.45) is 34.6. The number of methoxy groups -OCH3 is 2. The van der Waals surface area contributed by atoms with E-state index in [-0.39, 0.29) is 179 Å². The van der Waals surface area contributed by atoms with Crippen LogP contribution in [0.1, 0.15) is 181 Å². The molecule has 8 aliphatic heterocycles. The molecule has 47 atom stereocenters. The van der Waals surface area contributed by atoms with Crippen molar-refractivity contribution in [1.29, 1.82) is 0 Å². The standard InChI is InChI=1S/C32H44O7.2C30H40O7.C24H36O6/c1-7-22-27(34)26-23-14-13-21-16-25(36-6)19(5)37-28(24(33)8-2)17(3)15-18(4)32(21,26)39-30(23)29(22)38-31(35)20-11-9-10-12-20;1-6-22(31)26-15(2)13-16(3)30-20(14-23(32)18(5)35-26)11-12-21-24(30)25(33)17(4)27(28(21)37-30)36-29(34)19-9-7-8-10-19;1-5-21-26(33)25-22-11-10-20-15-23(32)18(4)35-24(12-13-31)16(2)14-17(3)30(20,25)37-28(22)27(21)36-29(34)19-8-6-7-9-19;1-11-9-12(2)24-16(10-18(28-6)15(5)29-22(11)14(4)25)7-8-17-19(24)20(26)13(3)21(27)23(17)30-24/h9-11,13-15,17,21-30,33-34H,5,7-8,12,16H2,1-4,6H3;7-9,11-13,15,17,20-28,31-33H,5-6,10,14H2,1-4H3;6-8,10-11,14,16,20-28,31-33H,4-5,9,12-13,15H2,1-3H3;7-9,11,13-14,16-23,25-27H,5,10H2,1-4,6H3/b18-15+;16-13+;17-14+;12-9+/t17-,21-,22-,23?,24?,25-,26?,27-,28?,29-,30-,32+;15-,17-,20-,21?,22?,23-,24?,25-,26?,27-,28-,30+;16-,20-,21-,22?,23-,24?,25?,26-,27-,28-,30+;11-,13-,14?,16-,17?,18+,19?,20-,21-,22?,23-,24+/m1111/s1. The van der Waals surface area contributed by atoms with E-state index in [0.29, 0.717) is 105 Å².